The average Bonchev–Trinajstić information content (AvgIpc) is 2.66. The molecule has 6 heteroatoms. The molecule has 0 amide bonds. The molecule has 0 atom stereocenters. The number of alkyl halides is 2. The molecule has 0 radical (unpaired) electrons. The van der Waals surface area contributed by atoms with Crippen molar-refractivity contribution in [1.82, 2.24) is 4.90 Å². The van der Waals surface area contributed by atoms with Crippen LogP contribution in [0, 0.1) is 11.6 Å². The van der Waals surface area contributed by atoms with E-state index in [1.54, 1.807) is 42.5 Å². The Balaban J connectivity index is 0.00000136. The lowest BCUT2D eigenvalue weighted by molar-refractivity contribution is 0.123. The molecule has 1 aliphatic heterocycles. The highest BCUT2D eigenvalue weighted by Crippen LogP contribution is 2.39. The Labute approximate surface area is 167 Å². The standard InChI is InChI=1S/C20H14ClF4N.C2H6/c1-12-7-8-15(13-5-3-2-4-6-13)20(26(12)11-18(24)25)19-16(22)9-14(21)10-17(19)23;1-2/h2-10,18H,1,11H2;1-2H3. The SMILES string of the molecule is C=C1C=CC(c2ccccc2)=C(c2c(F)cc(Cl)cc2F)N1CC(F)F.CC. The van der Waals surface area contributed by atoms with Crippen LogP contribution in [0.3, 0.4) is 0 Å². The molecule has 1 aliphatic rings. The predicted molar refractivity (Wildman–Crippen MR) is 107 cm³/mol. The van der Waals surface area contributed by atoms with Crippen LogP contribution in [0.5, 0.6) is 0 Å². The van der Waals surface area contributed by atoms with Gasteiger partial charge in [-0.2, -0.15) is 0 Å². The summed E-state index contributed by atoms with van der Waals surface area (Å²) < 4.78 is 55.5. The molecule has 3 rings (SSSR count). The fourth-order valence-corrected chi connectivity index (χ4v) is 3.06. The molecule has 0 aromatic heterocycles. The minimum absolute atomic E-state index is 0.00401. The highest BCUT2D eigenvalue weighted by atomic mass is 35.5. The molecule has 1 nitrogen and oxygen atoms in total. The first-order chi connectivity index (χ1) is 13.4. The van der Waals surface area contributed by atoms with Crippen LogP contribution in [-0.2, 0) is 0 Å². The van der Waals surface area contributed by atoms with Crippen LogP contribution in [0.4, 0.5) is 17.6 Å². The van der Waals surface area contributed by atoms with Crippen molar-refractivity contribution in [2.24, 2.45) is 0 Å². The van der Waals surface area contributed by atoms with Crippen molar-refractivity contribution in [3.63, 3.8) is 0 Å². The zero-order chi connectivity index (χ0) is 20.8. The maximum atomic E-state index is 14.6. The molecule has 0 unspecified atom stereocenters. The lowest BCUT2D eigenvalue weighted by atomic mass is 9.94. The van der Waals surface area contributed by atoms with E-state index in [4.69, 9.17) is 11.6 Å². The van der Waals surface area contributed by atoms with Gasteiger partial charge < -0.3 is 4.90 Å². The van der Waals surface area contributed by atoms with E-state index >= 15 is 0 Å². The Bertz CT molecular complexity index is 881. The Morgan fingerprint density at radius 1 is 1.00 bits per heavy atom. The minimum Gasteiger partial charge on any atom is -0.335 e. The van der Waals surface area contributed by atoms with Gasteiger partial charge in [0.05, 0.1) is 17.8 Å². The highest BCUT2D eigenvalue weighted by Gasteiger charge is 2.29. The molecule has 0 N–H and O–H groups in total. The second-order valence-electron chi connectivity index (χ2n) is 5.70. The van der Waals surface area contributed by atoms with Crippen molar-refractivity contribution >= 4 is 22.9 Å². The third-order valence-corrected chi connectivity index (χ3v) is 4.18. The summed E-state index contributed by atoms with van der Waals surface area (Å²) in [6.45, 7) is 6.99. The van der Waals surface area contributed by atoms with E-state index in [1.165, 1.54) is 0 Å². The molecule has 28 heavy (non-hydrogen) atoms. The average molecular weight is 410 g/mol. The van der Waals surface area contributed by atoms with Crippen LogP contribution in [0.1, 0.15) is 25.0 Å². The molecule has 2 aromatic rings. The van der Waals surface area contributed by atoms with E-state index < -0.39 is 30.2 Å². The lowest BCUT2D eigenvalue weighted by Gasteiger charge is -2.33. The molecule has 2 aromatic carbocycles. The van der Waals surface area contributed by atoms with Gasteiger partial charge >= 0.3 is 0 Å². The first-order valence-electron chi connectivity index (χ1n) is 8.75. The fraction of sp³-hybridized carbons (Fsp3) is 0.182. The van der Waals surface area contributed by atoms with Crippen molar-refractivity contribution < 1.29 is 17.6 Å². The summed E-state index contributed by atoms with van der Waals surface area (Å²) in [6, 6.07) is 10.7. The molecule has 1 heterocycles. The molecule has 0 fully saturated rings. The van der Waals surface area contributed by atoms with Crippen molar-refractivity contribution in [3.05, 3.63) is 94.7 Å². The molecule has 0 spiro atoms. The first kappa shape index (κ1) is 21.8. The summed E-state index contributed by atoms with van der Waals surface area (Å²) in [5.74, 6) is -1.86. The van der Waals surface area contributed by atoms with Gasteiger partial charge in [-0.05, 0) is 23.8 Å². The maximum absolute atomic E-state index is 14.6. The molecule has 148 valence electrons. The number of hydrogen-bond acceptors (Lipinski definition) is 1. The first-order valence-corrected chi connectivity index (χ1v) is 9.13. The Hall–Kier alpha value is -2.53. The number of allylic oxidation sites excluding steroid dienone is 3. The van der Waals surface area contributed by atoms with Gasteiger partial charge in [0.2, 0.25) is 0 Å². The Morgan fingerprint density at radius 2 is 1.57 bits per heavy atom. The molecule has 0 aliphatic carbocycles. The summed E-state index contributed by atoms with van der Waals surface area (Å²) in [7, 11) is 0. The zero-order valence-electron chi connectivity index (χ0n) is 15.5. The minimum atomic E-state index is -2.72. The lowest BCUT2D eigenvalue weighted by Crippen LogP contribution is -2.29. The third kappa shape index (κ3) is 4.65. The smallest absolute Gasteiger partial charge is 0.256 e. The van der Waals surface area contributed by atoms with Crippen LogP contribution in [0.2, 0.25) is 5.02 Å². The normalized spacial score (nSPS) is 13.7. The van der Waals surface area contributed by atoms with Gasteiger partial charge in [0.25, 0.3) is 6.43 Å². The van der Waals surface area contributed by atoms with Crippen molar-refractivity contribution in [1.29, 1.82) is 0 Å². The van der Waals surface area contributed by atoms with E-state index in [9.17, 15) is 17.6 Å². The van der Waals surface area contributed by atoms with Crippen molar-refractivity contribution in [2.45, 2.75) is 20.3 Å². The molecular formula is C22H20ClF4N. The third-order valence-electron chi connectivity index (χ3n) is 3.96. The summed E-state index contributed by atoms with van der Waals surface area (Å²) in [4.78, 5) is 1.13. The van der Waals surface area contributed by atoms with E-state index in [-0.39, 0.29) is 16.4 Å². The van der Waals surface area contributed by atoms with E-state index in [1.807, 2.05) is 13.8 Å². The number of nitrogens with zero attached hydrogens (tertiary/aromatic N) is 1. The van der Waals surface area contributed by atoms with Crippen LogP contribution >= 0.6 is 11.6 Å². The quantitative estimate of drug-likeness (QED) is 0.484. The summed E-state index contributed by atoms with van der Waals surface area (Å²) >= 11 is 5.70. The maximum Gasteiger partial charge on any atom is 0.256 e. The summed E-state index contributed by atoms with van der Waals surface area (Å²) in [6.07, 6.45) is 0.436. The zero-order valence-corrected chi connectivity index (χ0v) is 16.3. The van der Waals surface area contributed by atoms with Gasteiger partial charge in [0.15, 0.2) is 0 Å². The monoisotopic (exact) mass is 409 g/mol. The Kier molecular flexibility index (Phi) is 7.46. The van der Waals surface area contributed by atoms with Crippen LogP contribution in [0.25, 0.3) is 11.3 Å². The van der Waals surface area contributed by atoms with Gasteiger partial charge in [-0.25, -0.2) is 17.6 Å². The van der Waals surface area contributed by atoms with E-state index in [2.05, 4.69) is 6.58 Å². The van der Waals surface area contributed by atoms with Gasteiger partial charge in [-0.15, -0.1) is 0 Å². The van der Waals surface area contributed by atoms with Gasteiger partial charge in [0, 0.05) is 16.3 Å². The van der Waals surface area contributed by atoms with Crippen molar-refractivity contribution in [3.8, 4) is 0 Å². The topological polar surface area (TPSA) is 3.24 Å². The predicted octanol–water partition coefficient (Wildman–Crippen LogP) is 7.16. The molecule has 0 saturated heterocycles. The van der Waals surface area contributed by atoms with E-state index in [0.717, 1.165) is 17.0 Å². The van der Waals surface area contributed by atoms with Crippen molar-refractivity contribution in [2.75, 3.05) is 6.54 Å². The summed E-state index contributed by atoms with van der Waals surface area (Å²) in [5.41, 5.74) is 0.849. The van der Waals surface area contributed by atoms with E-state index in [0.29, 0.717) is 11.1 Å². The molecule has 0 bridgehead atoms. The van der Waals surface area contributed by atoms with Gasteiger partial charge in [-0.3, -0.25) is 0 Å². The van der Waals surface area contributed by atoms with Gasteiger partial charge in [0.1, 0.15) is 11.6 Å². The van der Waals surface area contributed by atoms with Crippen LogP contribution in [-0.4, -0.2) is 17.9 Å². The second-order valence-corrected chi connectivity index (χ2v) is 6.14. The summed E-state index contributed by atoms with van der Waals surface area (Å²) in [5, 5.41) is -0.115. The number of rotatable bonds is 4. The van der Waals surface area contributed by atoms with Crippen LogP contribution in [0.15, 0.2) is 66.9 Å². The number of hydrogen-bond donors (Lipinski definition) is 0. The fourth-order valence-electron chi connectivity index (χ4n) is 2.87. The Morgan fingerprint density at radius 3 is 2.11 bits per heavy atom. The number of benzene rings is 2. The highest BCUT2D eigenvalue weighted by molar-refractivity contribution is 6.30. The molecule has 0 saturated carbocycles. The second kappa shape index (κ2) is 9.60. The van der Waals surface area contributed by atoms with Gasteiger partial charge in [-0.1, -0.05) is 68.4 Å². The largest absolute Gasteiger partial charge is 0.335 e. The molecular weight excluding hydrogens is 390 g/mol. The number of halogens is 5. The van der Waals surface area contributed by atoms with Crippen LogP contribution < -0.4 is 0 Å².